The van der Waals surface area contributed by atoms with Gasteiger partial charge in [-0.2, -0.15) is 0 Å². The average Bonchev–Trinajstić information content (AvgIpc) is 2.75. The predicted octanol–water partition coefficient (Wildman–Crippen LogP) is 3.41. The van der Waals surface area contributed by atoms with Gasteiger partial charge in [0.25, 0.3) is 0 Å². The van der Waals surface area contributed by atoms with Gasteiger partial charge in [0.1, 0.15) is 11.6 Å². The number of para-hydroxylation sites is 2. The Morgan fingerprint density at radius 2 is 2.05 bits per heavy atom. The van der Waals surface area contributed by atoms with E-state index in [4.69, 9.17) is 0 Å². The normalized spacial score (nSPS) is 23.0. The zero-order chi connectivity index (χ0) is 15.7. The van der Waals surface area contributed by atoms with E-state index < -0.39 is 9.84 Å². The van der Waals surface area contributed by atoms with Crippen LogP contribution in [0.2, 0.25) is 0 Å². The number of benzene rings is 1. The molecule has 22 heavy (non-hydrogen) atoms. The van der Waals surface area contributed by atoms with Crippen molar-refractivity contribution in [3.63, 3.8) is 0 Å². The quantitative estimate of drug-likeness (QED) is 0.867. The molecule has 1 aliphatic carbocycles. The molecule has 0 spiro atoms. The molecule has 1 aromatic heterocycles. The minimum Gasteiger partial charge on any atom is -0.327 e. The zero-order valence-corrected chi connectivity index (χ0v) is 14.1. The van der Waals surface area contributed by atoms with Gasteiger partial charge in [0.15, 0.2) is 9.84 Å². The van der Waals surface area contributed by atoms with Crippen LogP contribution in [0.25, 0.3) is 11.0 Å². The molecule has 5 heteroatoms. The molecule has 1 aliphatic rings. The van der Waals surface area contributed by atoms with Gasteiger partial charge < -0.3 is 4.57 Å². The van der Waals surface area contributed by atoms with Gasteiger partial charge in [0.05, 0.1) is 11.0 Å². The van der Waals surface area contributed by atoms with Crippen LogP contribution >= 0.6 is 0 Å². The highest BCUT2D eigenvalue weighted by atomic mass is 32.2. The highest BCUT2D eigenvalue weighted by molar-refractivity contribution is 7.89. The molecule has 0 bridgehead atoms. The van der Waals surface area contributed by atoms with Gasteiger partial charge in [0.2, 0.25) is 0 Å². The Hall–Kier alpha value is -1.36. The molecule has 4 nitrogen and oxygen atoms in total. The number of hydrogen-bond donors (Lipinski definition) is 0. The first-order valence-electron chi connectivity index (χ1n) is 8.04. The van der Waals surface area contributed by atoms with Gasteiger partial charge in [-0.1, -0.05) is 31.9 Å². The maximum Gasteiger partial charge on any atom is 0.154 e. The van der Waals surface area contributed by atoms with E-state index in [-0.39, 0.29) is 5.75 Å². The van der Waals surface area contributed by atoms with E-state index in [1.165, 1.54) is 31.9 Å². The predicted molar refractivity (Wildman–Crippen MR) is 89.4 cm³/mol. The van der Waals surface area contributed by atoms with Crippen LogP contribution in [0.3, 0.4) is 0 Å². The Morgan fingerprint density at radius 1 is 1.27 bits per heavy atom. The maximum atomic E-state index is 11.7. The third-order valence-electron chi connectivity index (χ3n) is 4.61. The molecule has 0 N–H and O–H groups in total. The molecule has 2 aromatic rings. The Morgan fingerprint density at radius 3 is 2.77 bits per heavy atom. The summed E-state index contributed by atoms with van der Waals surface area (Å²) >= 11 is 0. The fourth-order valence-electron chi connectivity index (χ4n) is 3.66. The van der Waals surface area contributed by atoms with Crippen molar-refractivity contribution < 1.29 is 8.42 Å². The van der Waals surface area contributed by atoms with Gasteiger partial charge in [-0.05, 0) is 36.8 Å². The third kappa shape index (κ3) is 3.51. The fourth-order valence-corrected chi connectivity index (χ4v) is 4.35. The van der Waals surface area contributed by atoms with Crippen molar-refractivity contribution in [2.45, 2.75) is 44.9 Å². The fraction of sp³-hybridized carbons (Fsp3) is 0.588. The van der Waals surface area contributed by atoms with Crippen LogP contribution in [0.1, 0.15) is 38.4 Å². The number of fused-ring (bicyclic) bond motifs is 1. The van der Waals surface area contributed by atoms with Crippen molar-refractivity contribution in [3.8, 4) is 0 Å². The highest BCUT2D eigenvalue weighted by Gasteiger charge is 2.22. The molecule has 1 saturated carbocycles. The summed E-state index contributed by atoms with van der Waals surface area (Å²) in [6.45, 7) is 3.20. The standard InChI is InChI=1S/C17H24N2O2S/c1-13-6-5-7-14(10-13)11-19-16-9-4-3-8-15(16)18-17(19)12-22(2,20)21/h3-4,8-9,13-14H,5-7,10-12H2,1-2H3/t13-,14+/m0/s1. The summed E-state index contributed by atoms with van der Waals surface area (Å²) in [5, 5.41) is 0. The third-order valence-corrected chi connectivity index (χ3v) is 5.39. The summed E-state index contributed by atoms with van der Waals surface area (Å²) in [5.41, 5.74) is 1.95. The Bertz CT molecular complexity index is 764. The van der Waals surface area contributed by atoms with Crippen LogP contribution in [-0.2, 0) is 22.1 Å². The van der Waals surface area contributed by atoms with Crippen molar-refractivity contribution in [1.82, 2.24) is 9.55 Å². The molecule has 3 rings (SSSR count). The van der Waals surface area contributed by atoms with Crippen LogP contribution in [0.4, 0.5) is 0 Å². The summed E-state index contributed by atoms with van der Waals surface area (Å²) in [5.74, 6) is 2.10. The average molecular weight is 320 g/mol. The van der Waals surface area contributed by atoms with Crippen molar-refractivity contribution in [2.24, 2.45) is 11.8 Å². The Kier molecular flexibility index (Phi) is 4.26. The van der Waals surface area contributed by atoms with Crippen LogP contribution in [0.5, 0.6) is 0 Å². The van der Waals surface area contributed by atoms with Gasteiger partial charge in [0, 0.05) is 12.8 Å². The van der Waals surface area contributed by atoms with Crippen molar-refractivity contribution in [3.05, 3.63) is 30.1 Å². The lowest BCUT2D eigenvalue weighted by atomic mass is 9.82. The maximum absolute atomic E-state index is 11.7. The molecule has 1 fully saturated rings. The number of hydrogen-bond acceptors (Lipinski definition) is 3. The summed E-state index contributed by atoms with van der Waals surface area (Å²) in [6.07, 6.45) is 6.33. The summed E-state index contributed by atoms with van der Waals surface area (Å²) in [6, 6.07) is 7.95. The molecular weight excluding hydrogens is 296 g/mol. The Labute approximate surface area is 132 Å². The highest BCUT2D eigenvalue weighted by Crippen LogP contribution is 2.31. The van der Waals surface area contributed by atoms with E-state index in [1.54, 1.807) is 0 Å². The molecule has 0 amide bonds. The second-order valence-electron chi connectivity index (χ2n) is 6.84. The topological polar surface area (TPSA) is 52.0 Å². The van der Waals surface area contributed by atoms with Crippen LogP contribution < -0.4 is 0 Å². The molecule has 0 aliphatic heterocycles. The van der Waals surface area contributed by atoms with E-state index in [9.17, 15) is 8.42 Å². The number of nitrogens with zero attached hydrogens (tertiary/aromatic N) is 2. The molecular formula is C17H24N2O2S. The van der Waals surface area contributed by atoms with E-state index in [0.29, 0.717) is 11.7 Å². The lowest BCUT2D eigenvalue weighted by molar-refractivity contribution is 0.257. The minimum atomic E-state index is -3.08. The van der Waals surface area contributed by atoms with Crippen molar-refractivity contribution >= 4 is 20.9 Å². The number of aromatic nitrogens is 2. The molecule has 1 heterocycles. The van der Waals surface area contributed by atoms with Crippen molar-refractivity contribution in [2.75, 3.05) is 6.26 Å². The molecule has 120 valence electrons. The van der Waals surface area contributed by atoms with Crippen molar-refractivity contribution in [1.29, 1.82) is 0 Å². The van der Waals surface area contributed by atoms with E-state index >= 15 is 0 Å². The molecule has 0 radical (unpaired) electrons. The number of sulfone groups is 1. The van der Waals surface area contributed by atoms with Crippen LogP contribution in [0, 0.1) is 11.8 Å². The van der Waals surface area contributed by atoms with Gasteiger partial charge in [-0.15, -0.1) is 0 Å². The lowest BCUT2D eigenvalue weighted by Crippen LogP contribution is -2.20. The smallest absolute Gasteiger partial charge is 0.154 e. The molecule has 0 saturated heterocycles. The van der Waals surface area contributed by atoms with Gasteiger partial charge in [-0.3, -0.25) is 0 Å². The summed E-state index contributed by atoms with van der Waals surface area (Å²) in [4.78, 5) is 4.57. The summed E-state index contributed by atoms with van der Waals surface area (Å²) in [7, 11) is -3.08. The number of rotatable bonds is 4. The molecule has 0 unspecified atom stereocenters. The summed E-state index contributed by atoms with van der Waals surface area (Å²) < 4.78 is 25.6. The minimum absolute atomic E-state index is 0.0178. The SMILES string of the molecule is C[C@H]1CCC[C@@H](Cn2c(CS(C)(=O)=O)nc3ccccc32)C1. The first-order valence-corrected chi connectivity index (χ1v) is 10.1. The first kappa shape index (κ1) is 15.5. The monoisotopic (exact) mass is 320 g/mol. The second-order valence-corrected chi connectivity index (χ2v) is 8.98. The first-order chi connectivity index (χ1) is 10.4. The van der Waals surface area contributed by atoms with Gasteiger partial charge in [-0.25, -0.2) is 13.4 Å². The Balaban J connectivity index is 1.96. The zero-order valence-electron chi connectivity index (χ0n) is 13.3. The van der Waals surface area contributed by atoms with E-state index in [1.807, 2.05) is 24.3 Å². The molecule has 2 atom stereocenters. The van der Waals surface area contributed by atoms with E-state index in [0.717, 1.165) is 23.5 Å². The largest absolute Gasteiger partial charge is 0.327 e. The van der Waals surface area contributed by atoms with E-state index in [2.05, 4.69) is 16.5 Å². The van der Waals surface area contributed by atoms with Crippen LogP contribution in [0.15, 0.2) is 24.3 Å². The lowest BCUT2D eigenvalue weighted by Gasteiger charge is -2.27. The van der Waals surface area contributed by atoms with Crippen LogP contribution in [-0.4, -0.2) is 24.2 Å². The van der Waals surface area contributed by atoms with Gasteiger partial charge >= 0.3 is 0 Å². The second kappa shape index (κ2) is 6.03. The number of imidazole rings is 1. The molecule has 1 aromatic carbocycles.